The number of carbonyl (C=O) groups excluding carboxylic acids is 1. The fourth-order valence-electron chi connectivity index (χ4n) is 1.67. The predicted octanol–water partition coefficient (Wildman–Crippen LogP) is 3.00. The molecule has 2 nitrogen and oxygen atoms in total. The van der Waals surface area contributed by atoms with E-state index in [-0.39, 0.29) is 18.1 Å². The zero-order valence-electron chi connectivity index (χ0n) is 9.96. The van der Waals surface area contributed by atoms with Crippen LogP contribution in [0.25, 0.3) is 0 Å². The Hall–Kier alpha value is -0.900. The molecular formula is C13H17BrFNO. The summed E-state index contributed by atoms with van der Waals surface area (Å²) in [6.45, 7) is 3.48. The maximum absolute atomic E-state index is 13.0. The van der Waals surface area contributed by atoms with Crippen LogP contribution < -0.4 is 0 Å². The first-order valence-electron chi connectivity index (χ1n) is 5.75. The molecule has 0 unspecified atom stereocenters. The molecule has 0 saturated carbocycles. The van der Waals surface area contributed by atoms with Gasteiger partial charge in [-0.15, -0.1) is 0 Å². The normalized spacial score (nSPS) is 10.3. The smallest absolute Gasteiger partial charge is 0.227 e. The maximum Gasteiger partial charge on any atom is 0.227 e. The lowest BCUT2D eigenvalue weighted by atomic mass is 10.1. The van der Waals surface area contributed by atoms with E-state index in [0.29, 0.717) is 6.54 Å². The minimum Gasteiger partial charge on any atom is -0.342 e. The van der Waals surface area contributed by atoms with Crippen molar-refractivity contribution in [2.24, 2.45) is 0 Å². The number of carbonyl (C=O) groups is 1. The van der Waals surface area contributed by atoms with Crippen LogP contribution in [0.2, 0.25) is 0 Å². The first-order valence-corrected chi connectivity index (χ1v) is 6.87. The van der Waals surface area contributed by atoms with Gasteiger partial charge in [0.15, 0.2) is 0 Å². The van der Waals surface area contributed by atoms with Crippen LogP contribution >= 0.6 is 15.9 Å². The molecule has 1 aromatic rings. The Balaban J connectivity index is 2.62. The number of halogens is 2. The van der Waals surface area contributed by atoms with E-state index >= 15 is 0 Å². The van der Waals surface area contributed by atoms with Crippen molar-refractivity contribution >= 4 is 21.8 Å². The molecule has 0 aliphatic carbocycles. The van der Waals surface area contributed by atoms with Crippen molar-refractivity contribution in [3.8, 4) is 0 Å². The average Bonchev–Trinajstić information content (AvgIpc) is 2.28. The molecule has 17 heavy (non-hydrogen) atoms. The van der Waals surface area contributed by atoms with Crippen molar-refractivity contribution < 1.29 is 9.18 Å². The zero-order chi connectivity index (χ0) is 12.7. The van der Waals surface area contributed by atoms with Crippen LogP contribution in [0.1, 0.15) is 18.9 Å². The van der Waals surface area contributed by atoms with Gasteiger partial charge in [-0.3, -0.25) is 4.79 Å². The summed E-state index contributed by atoms with van der Waals surface area (Å²) in [5.41, 5.74) is 0.727. The second-order valence-electron chi connectivity index (χ2n) is 3.88. The average molecular weight is 302 g/mol. The van der Waals surface area contributed by atoms with Gasteiger partial charge in [0.05, 0.1) is 6.42 Å². The molecule has 0 saturated heterocycles. The highest BCUT2D eigenvalue weighted by Gasteiger charge is 2.12. The molecule has 1 rings (SSSR count). The van der Waals surface area contributed by atoms with E-state index < -0.39 is 0 Å². The Morgan fingerprint density at radius 2 is 2.18 bits per heavy atom. The molecule has 0 aromatic heterocycles. The molecule has 0 spiro atoms. The Kier molecular flexibility index (Phi) is 6.19. The lowest BCUT2D eigenvalue weighted by Gasteiger charge is -2.21. The second-order valence-corrected chi connectivity index (χ2v) is 4.67. The van der Waals surface area contributed by atoms with Crippen molar-refractivity contribution in [2.75, 3.05) is 18.4 Å². The molecule has 0 radical (unpaired) electrons. The molecule has 0 fully saturated rings. The van der Waals surface area contributed by atoms with Gasteiger partial charge in [-0.2, -0.15) is 0 Å². The van der Waals surface area contributed by atoms with Crippen LogP contribution in [0.4, 0.5) is 4.39 Å². The summed E-state index contributed by atoms with van der Waals surface area (Å²) in [5, 5.41) is 0.766. The first-order chi connectivity index (χ1) is 8.17. The Labute approximate surface area is 110 Å². The van der Waals surface area contributed by atoms with E-state index in [0.717, 1.165) is 23.9 Å². The Bertz CT molecular complexity index is 364. The van der Waals surface area contributed by atoms with Crippen LogP contribution in [-0.2, 0) is 11.2 Å². The number of nitrogens with zero attached hydrogens (tertiary/aromatic N) is 1. The summed E-state index contributed by atoms with van der Waals surface area (Å²) < 4.78 is 13.0. The summed E-state index contributed by atoms with van der Waals surface area (Å²) in [4.78, 5) is 13.8. The van der Waals surface area contributed by atoms with Gasteiger partial charge in [0.25, 0.3) is 0 Å². The van der Waals surface area contributed by atoms with Gasteiger partial charge in [0, 0.05) is 18.4 Å². The third-order valence-electron chi connectivity index (χ3n) is 2.45. The van der Waals surface area contributed by atoms with Gasteiger partial charge in [-0.25, -0.2) is 4.39 Å². The molecule has 0 aliphatic rings. The summed E-state index contributed by atoms with van der Waals surface area (Å²) in [7, 11) is 0. The highest BCUT2D eigenvalue weighted by Crippen LogP contribution is 2.07. The van der Waals surface area contributed by atoms with Crippen molar-refractivity contribution in [1.29, 1.82) is 0 Å². The van der Waals surface area contributed by atoms with Crippen molar-refractivity contribution in [1.82, 2.24) is 4.90 Å². The van der Waals surface area contributed by atoms with E-state index in [9.17, 15) is 9.18 Å². The zero-order valence-corrected chi connectivity index (χ0v) is 11.5. The summed E-state index contributed by atoms with van der Waals surface area (Å²) in [5.74, 6) is -0.241. The maximum atomic E-state index is 13.0. The first kappa shape index (κ1) is 14.2. The number of alkyl halides is 1. The number of hydrogen-bond donors (Lipinski definition) is 0. The molecule has 0 N–H and O–H groups in total. The summed E-state index contributed by atoms with van der Waals surface area (Å²) in [6.07, 6.45) is 1.20. The van der Waals surface area contributed by atoms with Crippen LogP contribution in [0, 0.1) is 5.82 Å². The minimum atomic E-state index is -0.294. The predicted molar refractivity (Wildman–Crippen MR) is 70.8 cm³/mol. The van der Waals surface area contributed by atoms with Gasteiger partial charge in [0.2, 0.25) is 5.91 Å². The van der Waals surface area contributed by atoms with Crippen molar-refractivity contribution in [2.45, 2.75) is 19.8 Å². The quantitative estimate of drug-likeness (QED) is 0.740. The van der Waals surface area contributed by atoms with Crippen LogP contribution in [0.15, 0.2) is 24.3 Å². The largest absolute Gasteiger partial charge is 0.342 e. The minimum absolute atomic E-state index is 0.0527. The van der Waals surface area contributed by atoms with Crippen molar-refractivity contribution in [3.63, 3.8) is 0 Å². The van der Waals surface area contributed by atoms with E-state index in [1.807, 2.05) is 6.92 Å². The van der Waals surface area contributed by atoms with Gasteiger partial charge >= 0.3 is 0 Å². The fraction of sp³-hybridized carbons (Fsp3) is 0.462. The third-order valence-corrected chi connectivity index (χ3v) is 2.80. The van der Waals surface area contributed by atoms with Gasteiger partial charge in [-0.1, -0.05) is 35.0 Å². The number of amides is 1. The second kappa shape index (κ2) is 7.43. The topological polar surface area (TPSA) is 20.3 Å². The summed E-state index contributed by atoms with van der Waals surface area (Å²) in [6, 6.07) is 6.21. The highest BCUT2D eigenvalue weighted by atomic mass is 79.9. The molecule has 0 heterocycles. The lowest BCUT2D eigenvalue weighted by Crippen LogP contribution is -2.34. The molecule has 4 heteroatoms. The molecular weight excluding hydrogens is 285 g/mol. The van der Waals surface area contributed by atoms with E-state index in [2.05, 4.69) is 15.9 Å². The standard InChI is InChI=1S/C13H17BrFNO/c1-2-7-16(8-6-14)13(17)10-11-4-3-5-12(15)9-11/h3-5,9H,2,6-8,10H2,1H3. The van der Waals surface area contributed by atoms with E-state index in [1.54, 1.807) is 17.0 Å². The Morgan fingerprint density at radius 1 is 1.41 bits per heavy atom. The van der Waals surface area contributed by atoms with E-state index in [4.69, 9.17) is 0 Å². The fourth-order valence-corrected chi connectivity index (χ4v) is 2.09. The Morgan fingerprint density at radius 3 is 2.76 bits per heavy atom. The van der Waals surface area contributed by atoms with Crippen LogP contribution in [0.3, 0.4) is 0 Å². The highest BCUT2D eigenvalue weighted by molar-refractivity contribution is 9.09. The van der Waals surface area contributed by atoms with Crippen LogP contribution in [-0.4, -0.2) is 29.2 Å². The molecule has 0 atom stereocenters. The van der Waals surface area contributed by atoms with Crippen molar-refractivity contribution in [3.05, 3.63) is 35.6 Å². The number of benzene rings is 1. The third kappa shape index (κ3) is 4.86. The van der Waals surface area contributed by atoms with Gasteiger partial charge < -0.3 is 4.90 Å². The molecule has 1 aromatic carbocycles. The van der Waals surface area contributed by atoms with Gasteiger partial charge in [-0.05, 0) is 24.1 Å². The van der Waals surface area contributed by atoms with E-state index in [1.165, 1.54) is 12.1 Å². The summed E-state index contributed by atoms with van der Waals surface area (Å²) >= 11 is 3.33. The molecule has 1 amide bonds. The number of hydrogen-bond acceptors (Lipinski definition) is 1. The van der Waals surface area contributed by atoms with Crippen LogP contribution in [0.5, 0.6) is 0 Å². The SMILES string of the molecule is CCCN(CCBr)C(=O)Cc1cccc(F)c1. The van der Waals surface area contributed by atoms with Gasteiger partial charge in [0.1, 0.15) is 5.82 Å². The number of rotatable bonds is 6. The molecule has 94 valence electrons. The molecule has 0 bridgehead atoms. The lowest BCUT2D eigenvalue weighted by molar-refractivity contribution is -0.130. The molecule has 0 aliphatic heterocycles. The monoisotopic (exact) mass is 301 g/mol.